The van der Waals surface area contributed by atoms with Crippen LogP contribution < -0.4 is 4.74 Å². The van der Waals surface area contributed by atoms with Crippen molar-refractivity contribution in [2.45, 2.75) is 6.61 Å². The molecule has 0 heterocycles. The minimum atomic E-state index is 0.0540. The lowest BCUT2D eigenvalue weighted by Crippen LogP contribution is -2.07. The first-order valence-electron chi connectivity index (χ1n) is 5.26. The van der Waals surface area contributed by atoms with Gasteiger partial charge in [-0.25, -0.2) is 0 Å². The molecule has 0 saturated heterocycles. The summed E-state index contributed by atoms with van der Waals surface area (Å²) in [6.07, 6.45) is 0. The maximum absolute atomic E-state index is 8.47. The first-order valence-corrected chi connectivity index (χ1v) is 5.26. The summed E-state index contributed by atoms with van der Waals surface area (Å²) in [6, 6.07) is 7.74. The fraction of sp³-hybridized carbons (Fsp3) is 0.500. The molecule has 0 aliphatic heterocycles. The van der Waals surface area contributed by atoms with Crippen LogP contribution >= 0.6 is 0 Å². The van der Waals surface area contributed by atoms with E-state index in [1.807, 2.05) is 24.3 Å². The van der Waals surface area contributed by atoms with E-state index in [0.29, 0.717) is 26.4 Å². The molecule has 1 aromatic carbocycles. The Morgan fingerprint density at radius 2 is 1.69 bits per heavy atom. The molecule has 0 unspecified atom stereocenters. The van der Waals surface area contributed by atoms with Gasteiger partial charge in [0.1, 0.15) is 5.75 Å². The van der Waals surface area contributed by atoms with E-state index in [9.17, 15) is 0 Å². The highest BCUT2D eigenvalue weighted by Gasteiger charge is 1.95. The van der Waals surface area contributed by atoms with Crippen molar-refractivity contribution in [1.29, 1.82) is 0 Å². The van der Waals surface area contributed by atoms with Crippen molar-refractivity contribution in [2.75, 3.05) is 33.5 Å². The second kappa shape index (κ2) is 8.10. The van der Waals surface area contributed by atoms with Crippen LogP contribution in [-0.4, -0.2) is 38.6 Å². The van der Waals surface area contributed by atoms with E-state index < -0.39 is 0 Å². The zero-order chi connectivity index (χ0) is 11.6. The van der Waals surface area contributed by atoms with Crippen molar-refractivity contribution in [3.8, 4) is 5.75 Å². The van der Waals surface area contributed by atoms with Gasteiger partial charge in [0.05, 0.1) is 40.1 Å². The molecule has 0 spiro atoms. The van der Waals surface area contributed by atoms with Crippen LogP contribution in [0.25, 0.3) is 0 Å². The highest BCUT2D eigenvalue weighted by molar-refractivity contribution is 5.26. The minimum Gasteiger partial charge on any atom is -0.497 e. The minimum absolute atomic E-state index is 0.0540. The van der Waals surface area contributed by atoms with E-state index in [1.54, 1.807) is 7.11 Å². The monoisotopic (exact) mass is 226 g/mol. The molecule has 1 N–H and O–H groups in total. The van der Waals surface area contributed by atoms with Gasteiger partial charge in [0.25, 0.3) is 0 Å². The predicted octanol–water partition coefficient (Wildman–Crippen LogP) is 1.22. The summed E-state index contributed by atoms with van der Waals surface area (Å²) in [5.41, 5.74) is 1.10. The van der Waals surface area contributed by atoms with Gasteiger partial charge >= 0.3 is 0 Å². The molecular weight excluding hydrogens is 208 g/mol. The van der Waals surface area contributed by atoms with Gasteiger partial charge in [-0.2, -0.15) is 0 Å². The van der Waals surface area contributed by atoms with Gasteiger partial charge in [0.15, 0.2) is 0 Å². The number of aliphatic hydroxyl groups is 1. The molecule has 0 aromatic heterocycles. The number of benzene rings is 1. The molecule has 0 radical (unpaired) electrons. The van der Waals surface area contributed by atoms with Gasteiger partial charge in [-0.1, -0.05) is 12.1 Å². The van der Waals surface area contributed by atoms with Crippen LogP contribution in [0.2, 0.25) is 0 Å². The summed E-state index contributed by atoms with van der Waals surface area (Å²) in [5, 5.41) is 8.47. The molecule has 90 valence electrons. The molecule has 0 fully saturated rings. The van der Waals surface area contributed by atoms with Crippen LogP contribution in [0.15, 0.2) is 24.3 Å². The van der Waals surface area contributed by atoms with E-state index in [-0.39, 0.29) is 6.61 Å². The number of aliphatic hydroxyl groups excluding tert-OH is 1. The predicted molar refractivity (Wildman–Crippen MR) is 60.6 cm³/mol. The molecule has 1 rings (SSSR count). The van der Waals surface area contributed by atoms with E-state index in [4.69, 9.17) is 19.3 Å². The van der Waals surface area contributed by atoms with Crippen LogP contribution in [0.4, 0.5) is 0 Å². The van der Waals surface area contributed by atoms with Crippen LogP contribution in [0.3, 0.4) is 0 Å². The molecule has 16 heavy (non-hydrogen) atoms. The third-order valence-corrected chi connectivity index (χ3v) is 2.04. The lowest BCUT2D eigenvalue weighted by atomic mass is 10.2. The summed E-state index contributed by atoms with van der Waals surface area (Å²) in [7, 11) is 1.64. The molecule has 4 nitrogen and oxygen atoms in total. The highest BCUT2D eigenvalue weighted by Crippen LogP contribution is 2.11. The van der Waals surface area contributed by atoms with Gasteiger partial charge in [-0.3, -0.25) is 0 Å². The van der Waals surface area contributed by atoms with Crippen molar-refractivity contribution < 1.29 is 19.3 Å². The van der Waals surface area contributed by atoms with Crippen LogP contribution in [0.5, 0.6) is 5.75 Å². The SMILES string of the molecule is COc1ccc(COCCOCCO)cc1. The molecule has 0 aliphatic carbocycles. The Morgan fingerprint density at radius 1 is 1.00 bits per heavy atom. The normalized spacial score (nSPS) is 10.4. The maximum atomic E-state index is 8.47. The Kier molecular flexibility index (Phi) is 6.56. The van der Waals surface area contributed by atoms with Crippen LogP contribution in [-0.2, 0) is 16.1 Å². The Morgan fingerprint density at radius 3 is 2.31 bits per heavy atom. The Bertz CT molecular complexity index is 271. The fourth-order valence-corrected chi connectivity index (χ4v) is 1.20. The zero-order valence-corrected chi connectivity index (χ0v) is 9.52. The smallest absolute Gasteiger partial charge is 0.118 e. The third-order valence-electron chi connectivity index (χ3n) is 2.04. The average Bonchev–Trinajstić information content (AvgIpc) is 2.34. The summed E-state index contributed by atoms with van der Waals surface area (Å²) in [6.45, 7) is 2.03. The number of methoxy groups -OCH3 is 1. The van der Waals surface area contributed by atoms with Gasteiger partial charge < -0.3 is 19.3 Å². The second-order valence-corrected chi connectivity index (χ2v) is 3.24. The van der Waals surface area contributed by atoms with Gasteiger partial charge in [0, 0.05) is 0 Å². The van der Waals surface area contributed by atoms with Gasteiger partial charge in [0.2, 0.25) is 0 Å². The number of rotatable bonds is 8. The summed E-state index contributed by atoms with van der Waals surface area (Å²) >= 11 is 0. The first kappa shape index (κ1) is 13.0. The standard InChI is InChI=1S/C12H18O4/c1-14-12-4-2-11(3-5-12)10-16-9-8-15-7-6-13/h2-5,13H,6-10H2,1H3. The van der Waals surface area contributed by atoms with Crippen LogP contribution in [0.1, 0.15) is 5.56 Å². The average molecular weight is 226 g/mol. The molecule has 4 heteroatoms. The lowest BCUT2D eigenvalue weighted by molar-refractivity contribution is 0.0274. The van der Waals surface area contributed by atoms with Crippen molar-refractivity contribution in [1.82, 2.24) is 0 Å². The van der Waals surface area contributed by atoms with Crippen molar-refractivity contribution in [3.63, 3.8) is 0 Å². The van der Waals surface area contributed by atoms with Crippen LogP contribution in [0, 0.1) is 0 Å². The zero-order valence-electron chi connectivity index (χ0n) is 9.52. The Hall–Kier alpha value is -1.10. The number of ether oxygens (including phenoxy) is 3. The number of hydrogen-bond donors (Lipinski definition) is 1. The Balaban J connectivity index is 2.12. The quantitative estimate of drug-likeness (QED) is 0.677. The van der Waals surface area contributed by atoms with Crippen molar-refractivity contribution in [2.24, 2.45) is 0 Å². The third kappa shape index (κ3) is 5.11. The summed E-state index contributed by atoms with van der Waals surface area (Å²) in [5.74, 6) is 0.843. The van der Waals surface area contributed by atoms with Crippen molar-refractivity contribution in [3.05, 3.63) is 29.8 Å². The second-order valence-electron chi connectivity index (χ2n) is 3.24. The van der Waals surface area contributed by atoms with E-state index in [0.717, 1.165) is 11.3 Å². The molecule has 0 aliphatic rings. The topological polar surface area (TPSA) is 47.9 Å². The summed E-state index contributed by atoms with van der Waals surface area (Å²) < 4.78 is 15.5. The molecule has 1 aromatic rings. The Labute approximate surface area is 95.8 Å². The molecule has 0 amide bonds. The maximum Gasteiger partial charge on any atom is 0.118 e. The van der Waals surface area contributed by atoms with Crippen molar-refractivity contribution >= 4 is 0 Å². The van der Waals surface area contributed by atoms with E-state index >= 15 is 0 Å². The summed E-state index contributed by atoms with van der Waals surface area (Å²) in [4.78, 5) is 0. The number of hydrogen-bond acceptors (Lipinski definition) is 4. The molecular formula is C12H18O4. The largest absolute Gasteiger partial charge is 0.497 e. The molecule has 0 bridgehead atoms. The molecule has 0 saturated carbocycles. The van der Waals surface area contributed by atoms with E-state index in [1.165, 1.54) is 0 Å². The lowest BCUT2D eigenvalue weighted by Gasteiger charge is -2.05. The van der Waals surface area contributed by atoms with Gasteiger partial charge in [-0.15, -0.1) is 0 Å². The fourth-order valence-electron chi connectivity index (χ4n) is 1.20. The first-order chi connectivity index (χ1) is 7.86. The molecule has 0 atom stereocenters. The van der Waals surface area contributed by atoms with E-state index in [2.05, 4.69) is 0 Å². The van der Waals surface area contributed by atoms with Gasteiger partial charge in [-0.05, 0) is 17.7 Å². The highest BCUT2D eigenvalue weighted by atomic mass is 16.5.